The van der Waals surface area contributed by atoms with E-state index in [1.54, 1.807) is 12.1 Å². The van der Waals surface area contributed by atoms with Gasteiger partial charge in [-0.15, -0.1) is 0 Å². The lowest BCUT2D eigenvalue weighted by Gasteiger charge is -2.04. The third-order valence-corrected chi connectivity index (χ3v) is 6.68. The van der Waals surface area contributed by atoms with Gasteiger partial charge in [0, 0.05) is 17.7 Å². The monoisotopic (exact) mass is 457 g/mol. The number of halogens is 2. The number of nitrogens with zero attached hydrogens (tertiary/aromatic N) is 2. The van der Waals surface area contributed by atoms with E-state index in [4.69, 9.17) is 34.3 Å². The molecule has 5 nitrogen and oxygen atoms in total. The highest BCUT2D eigenvalue weighted by Crippen LogP contribution is 2.35. The van der Waals surface area contributed by atoms with Crippen molar-refractivity contribution in [1.29, 1.82) is 5.41 Å². The van der Waals surface area contributed by atoms with Crippen LogP contribution in [0.5, 0.6) is 0 Å². The molecule has 4 N–H and O–H groups in total. The number of fused-ring (bicyclic) bond motifs is 1. The summed E-state index contributed by atoms with van der Waals surface area (Å²) in [6.07, 6.45) is 4.47. The summed E-state index contributed by atoms with van der Waals surface area (Å²) in [6.45, 7) is 0.835. The molecule has 0 saturated heterocycles. The molecule has 2 heterocycles. The number of aromatic nitrogens is 1. The lowest BCUT2D eigenvalue weighted by atomic mass is 10.0. The second kappa shape index (κ2) is 9.16. The maximum atomic E-state index is 8.13. The Morgan fingerprint density at radius 1 is 1.00 bits per heavy atom. The van der Waals surface area contributed by atoms with Crippen molar-refractivity contribution in [3.63, 3.8) is 0 Å². The Kier molecular flexibility index (Phi) is 6.37. The van der Waals surface area contributed by atoms with E-state index in [0.29, 0.717) is 27.1 Å². The Balaban J connectivity index is 1.35. The predicted molar refractivity (Wildman–Crippen MR) is 128 cm³/mol. The fraction of sp³-hybridized carbons (Fsp3) is 0.227. The zero-order valence-electron chi connectivity index (χ0n) is 16.2. The first-order chi connectivity index (χ1) is 14.5. The summed E-state index contributed by atoms with van der Waals surface area (Å²) in [6, 6.07) is 14.0. The minimum Gasteiger partial charge on any atom is -0.382 e. The molecule has 0 unspecified atom stereocenters. The molecule has 0 atom stereocenters. The molecule has 0 fully saturated rings. The molecule has 1 aromatic heterocycles. The standard InChI is InChI=1S/C22H21Cl2N5S/c23-16-11-14-15(12-17(16)24)20(25)28-18(14)19-21(26)29-22(30-19)27-10-6-2-5-9-13-7-3-1-4-8-13/h1,3-4,7-8,11-12,25H,2,5-6,9-10,26H2,(H,27,29). The molecule has 4 rings (SSSR count). The van der Waals surface area contributed by atoms with Crippen LogP contribution in [0.2, 0.25) is 10.0 Å². The molecule has 0 radical (unpaired) electrons. The largest absolute Gasteiger partial charge is 0.382 e. The molecule has 0 spiro atoms. The van der Waals surface area contributed by atoms with Crippen LogP contribution in [0.4, 0.5) is 10.9 Å². The van der Waals surface area contributed by atoms with Crippen molar-refractivity contribution < 1.29 is 0 Å². The van der Waals surface area contributed by atoms with Gasteiger partial charge in [-0.2, -0.15) is 0 Å². The van der Waals surface area contributed by atoms with E-state index in [1.807, 2.05) is 6.07 Å². The number of amidine groups is 1. The Morgan fingerprint density at radius 3 is 2.50 bits per heavy atom. The third kappa shape index (κ3) is 4.51. The van der Waals surface area contributed by atoms with Crippen molar-refractivity contribution in [3.8, 4) is 0 Å². The van der Waals surface area contributed by atoms with E-state index in [9.17, 15) is 0 Å². The summed E-state index contributed by atoms with van der Waals surface area (Å²) in [5.41, 5.74) is 9.58. The van der Waals surface area contributed by atoms with E-state index in [-0.39, 0.29) is 5.84 Å². The summed E-state index contributed by atoms with van der Waals surface area (Å²) in [7, 11) is 0. The summed E-state index contributed by atoms with van der Waals surface area (Å²) in [5.74, 6) is 0.552. The number of aliphatic imine (C=N–C) groups is 1. The van der Waals surface area contributed by atoms with Gasteiger partial charge in [0.2, 0.25) is 0 Å². The van der Waals surface area contributed by atoms with Crippen LogP contribution in [0.1, 0.15) is 40.8 Å². The zero-order valence-corrected chi connectivity index (χ0v) is 18.5. The van der Waals surface area contributed by atoms with Crippen LogP contribution in [0.25, 0.3) is 0 Å². The number of nitrogens with one attached hydrogen (secondary N) is 2. The molecule has 2 aromatic carbocycles. The Hall–Kier alpha value is -2.41. The van der Waals surface area contributed by atoms with Crippen molar-refractivity contribution in [2.45, 2.75) is 25.7 Å². The van der Waals surface area contributed by atoms with Crippen LogP contribution in [0.15, 0.2) is 47.5 Å². The molecule has 1 aliphatic heterocycles. The molecular formula is C22H21Cl2N5S. The van der Waals surface area contributed by atoms with Gasteiger partial charge in [-0.25, -0.2) is 9.98 Å². The Labute approximate surface area is 189 Å². The van der Waals surface area contributed by atoms with Crippen molar-refractivity contribution in [2.24, 2.45) is 4.99 Å². The topological polar surface area (TPSA) is 87.2 Å². The first-order valence-electron chi connectivity index (χ1n) is 9.74. The maximum Gasteiger partial charge on any atom is 0.185 e. The average molecular weight is 458 g/mol. The molecule has 8 heteroatoms. The quantitative estimate of drug-likeness (QED) is 0.360. The molecule has 0 saturated carbocycles. The number of thiazole rings is 1. The van der Waals surface area contributed by atoms with Gasteiger partial charge in [-0.3, -0.25) is 5.41 Å². The number of nitrogens with two attached hydrogens (primary N) is 1. The molecule has 0 aliphatic carbocycles. The van der Waals surface area contributed by atoms with E-state index in [0.717, 1.165) is 47.8 Å². The van der Waals surface area contributed by atoms with Crippen LogP contribution in [-0.2, 0) is 6.42 Å². The Bertz CT molecular complexity index is 1110. The van der Waals surface area contributed by atoms with Crippen LogP contribution in [-0.4, -0.2) is 23.1 Å². The van der Waals surface area contributed by atoms with Gasteiger partial charge in [-0.1, -0.05) is 71.3 Å². The molecular weight excluding hydrogens is 437 g/mol. The van der Waals surface area contributed by atoms with Gasteiger partial charge in [-0.05, 0) is 37.0 Å². The van der Waals surface area contributed by atoms with Crippen molar-refractivity contribution in [1.82, 2.24) is 4.98 Å². The number of unbranched alkanes of at least 4 members (excludes halogenated alkanes) is 2. The number of hydrogen-bond acceptors (Lipinski definition) is 5. The highest BCUT2D eigenvalue weighted by atomic mass is 35.5. The first-order valence-corrected chi connectivity index (χ1v) is 11.3. The first kappa shape index (κ1) is 20.8. The van der Waals surface area contributed by atoms with E-state index in [2.05, 4.69) is 39.6 Å². The van der Waals surface area contributed by atoms with Crippen LogP contribution in [0.3, 0.4) is 0 Å². The fourth-order valence-electron chi connectivity index (χ4n) is 3.39. The fourth-order valence-corrected chi connectivity index (χ4v) is 4.63. The molecule has 3 aromatic rings. The smallest absolute Gasteiger partial charge is 0.185 e. The minimum absolute atomic E-state index is 0.152. The average Bonchev–Trinajstić information content (AvgIpc) is 3.25. The summed E-state index contributed by atoms with van der Waals surface area (Å²) in [5, 5.41) is 13.1. The second-order valence-corrected chi connectivity index (χ2v) is 8.89. The molecule has 30 heavy (non-hydrogen) atoms. The van der Waals surface area contributed by atoms with Gasteiger partial charge in [0.25, 0.3) is 0 Å². The minimum atomic E-state index is 0.152. The second-order valence-electron chi connectivity index (χ2n) is 7.08. The maximum absolute atomic E-state index is 8.13. The van der Waals surface area contributed by atoms with Crippen molar-refractivity contribution in [2.75, 3.05) is 17.6 Å². The molecule has 154 valence electrons. The van der Waals surface area contributed by atoms with E-state index >= 15 is 0 Å². The van der Waals surface area contributed by atoms with Gasteiger partial charge < -0.3 is 11.1 Å². The van der Waals surface area contributed by atoms with Crippen molar-refractivity contribution in [3.05, 3.63) is 74.1 Å². The van der Waals surface area contributed by atoms with Gasteiger partial charge >= 0.3 is 0 Å². The summed E-state index contributed by atoms with van der Waals surface area (Å²) in [4.78, 5) is 9.55. The summed E-state index contributed by atoms with van der Waals surface area (Å²) >= 11 is 13.7. The van der Waals surface area contributed by atoms with Gasteiger partial charge in [0.15, 0.2) is 11.0 Å². The number of aryl methyl sites for hydroxylation is 1. The van der Waals surface area contributed by atoms with E-state index < -0.39 is 0 Å². The van der Waals surface area contributed by atoms with E-state index in [1.165, 1.54) is 16.9 Å². The number of rotatable bonds is 8. The Morgan fingerprint density at radius 2 is 1.73 bits per heavy atom. The lowest BCUT2D eigenvalue weighted by molar-refractivity contribution is 0.698. The molecule has 0 bridgehead atoms. The number of benzene rings is 2. The third-order valence-electron chi connectivity index (χ3n) is 4.92. The molecule has 1 aliphatic rings. The predicted octanol–water partition coefficient (Wildman–Crippen LogP) is 6.03. The highest BCUT2D eigenvalue weighted by Gasteiger charge is 2.27. The summed E-state index contributed by atoms with van der Waals surface area (Å²) < 4.78 is 0. The van der Waals surface area contributed by atoms with Crippen molar-refractivity contribution >= 4 is 57.0 Å². The highest BCUT2D eigenvalue weighted by molar-refractivity contribution is 7.18. The van der Waals surface area contributed by atoms with Gasteiger partial charge in [0.05, 0.1) is 20.6 Å². The number of nitrogen functional groups attached to an aromatic ring is 1. The van der Waals surface area contributed by atoms with Crippen LogP contribution < -0.4 is 11.1 Å². The number of anilines is 2. The lowest BCUT2D eigenvalue weighted by Crippen LogP contribution is -2.02. The zero-order chi connectivity index (χ0) is 21.1. The van der Waals surface area contributed by atoms with Crippen LogP contribution in [0, 0.1) is 5.41 Å². The molecule has 0 amide bonds. The number of hydrogen-bond donors (Lipinski definition) is 3. The normalized spacial score (nSPS) is 12.7. The van der Waals surface area contributed by atoms with Gasteiger partial charge in [0.1, 0.15) is 5.82 Å². The van der Waals surface area contributed by atoms with Crippen LogP contribution >= 0.6 is 34.5 Å². The SMILES string of the molecule is N=C1N=C(c2sc(NCCCCCc3ccccc3)nc2N)c2cc(Cl)c(Cl)cc21.